The Balaban J connectivity index is 1.48. The molecule has 1 aliphatic heterocycles. The maximum absolute atomic E-state index is 13.6. The predicted octanol–water partition coefficient (Wildman–Crippen LogP) is 5.33. The fourth-order valence-corrected chi connectivity index (χ4v) is 4.52. The number of hydrogen-bond acceptors (Lipinski definition) is 6. The second-order valence-corrected chi connectivity index (χ2v) is 9.48. The summed E-state index contributed by atoms with van der Waals surface area (Å²) in [7, 11) is 0. The Kier molecular flexibility index (Phi) is 8.20. The van der Waals surface area contributed by atoms with E-state index in [0.29, 0.717) is 35.9 Å². The summed E-state index contributed by atoms with van der Waals surface area (Å²) < 4.78 is 24.3. The van der Waals surface area contributed by atoms with Crippen LogP contribution < -0.4 is 5.32 Å². The second-order valence-electron chi connectivity index (χ2n) is 9.05. The lowest BCUT2D eigenvalue weighted by Crippen LogP contribution is -2.42. The van der Waals surface area contributed by atoms with Crippen molar-refractivity contribution in [3.63, 3.8) is 0 Å². The average molecular weight is 515 g/mol. The number of amides is 2. The molecule has 8 nitrogen and oxygen atoms in total. The first-order valence-electron chi connectivity index (χ1n) is 11.9. The van der Waals surface area contributed by atoms with Gasteiger partial charge >= 0.3 is 6.09 Å². The number of ether oxygens (including phenoxy) is 1. The van der Waals surface area contributed by atoms with E-state index in [9.17, 15) is 14.0 Å². The minimum atomic E-state index is -0.584. The fraction of sp³-hybridized carbons (Fsp3) is 0.385. The molecule has 1 saturated heterocycles. The zero-order valence-corrected chi connectivity index (χ0v) is 20.9. The highest BCUT2D eigenvalue weighted by Crippen LogP contribution is 2.33. The highest BCUT2D eigenvalue weighted by Gasteiger charge is 2.35. The molecule has 1 aromatic heterocycles. The first-order chi connectivity index (χ1) is 17.3. The molecule has 2 atom stereocenters. The van der Waals surface area contributed by atoms with E-state index in [1.165, 1.54) is 12.1 Å². The number of likely N-dealkylation sites (tertiary alicyclic amines) is 1. The van der Waals surface area contributed by atoms with Crippen LogP contribution in [0.1, 0.15) is 50.6 Å². The van der Waals surface area contributed by atoms with Crippen molar-refractivity contribution >= 4 is 23.6 Å². The maximum atomic E-state index is 13.6. The first-order valence-corrected chi connectivity index (χ1v) is 12.3. The van der Waals surface area contributed by atoms with Gasteiger partial charge in [0.05, 0.1) is 6.10 Å². The van der Waals surface area contributed by atoms with Gasteiger partial charge in [-0.25, -0.2) is 9.18 Å². The van der Waals surface area contributed by atoms with E-state index < -0.39 is 18.0 Å². The Morgan fingerprint density at radius 3 is 2.81 bits per heavy atom. The van der Waals surface area contributed by atoms with Gasteiger partial charge in [-0.15, -0.1) is 0 Å². The molecule has 10 heteroatoms. The van der Waals surface area contributed by atoms with E-state index in [0.717, 1.165) is 12.0 Å². The zero-order valence-electron chi connectivity index (χ0n) is 20.1. The van der Waals surface area contributed by atoms with Crippen molar-refractivity contribution in [2.45, 2.75) is 57.7 Å². The van der Waals surface area contributed by atoms with Gasteiger partial charge in [-0.3, -0.25) is 4.79 Å². The topological polar surface area (TPSA) is 97.6 Å². The van der Waals surface area contributed by atoms with Crippen molar-refractivity contribution in [2.75, 3.05) is 6.54 Å². The van der Waals surface area contributed by atoms with Crippen molar-refractivity contribution in [2.24, 2.45) is 0 Å². The molecule has 0 aliphatic carbocycles. The van der Waals surface area contributed by atoms with Crippen LogP contribution in [0.25, 0.3) is 11.4 Å². The first kappa shape index (κ1) is 25.6. The van der Waals surface area contributed by atoms with Crippen LogP contribution in [0.3, 0.4) is 0 Å². The molecule has 190 valence electrons. The molecular weight excluding hydrogens is 487 g/mol. The number of hydrogen-bond donors (Lipinski definition) is 1. The van der Waals surface area contributed by atoms with Gasteiger partial charge in [0.1, 0.15) is 11.9 Å². The van der Waals surface area contributed by atoms with Gasteiger partial charge in [0.25, 0.3) is 0 Å². The van der Waals surface area contributed by atoms with Crippen LogP contribution in [0.2, 0.25) is 5.02 Å². The molecule has 0 spiro atoms. The van der Waals surface area contributed by atoms with Crippen LogP contribution in [0.5, 0.6) is 0 Å². The molecule has 1 fully saturated rings. The van der Waals surface area contributed by atoms with Gasteiger partial charge in [-0.1, -0.05) is 41.0 Å². The molecule has 36 heavy (non-hydrogen) atoms. The summed E-state index contributed by atoms with van der Waals surface area (Å²) in [6, 6.07) is 12.3. The van der Waals surface area contributed by atoms with E-state index >= 15 is 0 Å². The molecule has 3 aromatic rings. The minimum Gasteiger partial charge on any atom is -0.447 e. The third-order valence-electron chi connectivity index (χ3n) is 5.84. The van der Waals surface area contributed by atoms with Crippen LogP contribution >= 0.6 is 11.6 Å². The van der Waals surface area contributed by atoms with E-state index in [1.54, 1.807) is 43.0 Å². The normalized spacial score (nSPS) is 16.2. The summed E-state index contributed by atoms with van der Waals surface area (Å²) in [5.74, 6) is 0.0186. The van der Waals surface area contributed by atoms with E-state index in [-0.39, 0.29) is 30.3 Å². The van der Waals surface area contributed by atoms with Crippen molar-refractivity contribution in [1.29, 1.82) is 0 Å². The van der Waals surface area contributed by atoms with Crippen LogP contribution in [0.4, 0.5) is 9.18 Å². The van der Waals surface area contributed by atoms with Gasteiger partial charge in [0, 0.05) is 29.6 Å². The Bertz CT molecular complexity index is 1220. The lowest BCUT2D eigenvalue weighted by Gasteiger charge is -2.25. The van der Waals surface area contributed by atoms with E-state index in [2.05, 4.69) is 15.5 Å². The number of rotatable bonds is 8. The molecule has 2 heterocycles. The van der Waals surface area contributed by atoms with Crippen LogP contribution in [0, 0.1) is 5.82 Å². The van der Waals surface area contributed by atoms with Crippen molar-refractivity contribution in [3.05, 3.63) is 70.8 Å². The van der Waals surface area contributed by atoms with Gasteiger partial charge in [0.2, 0.25) is 17.6 Å². The molecule has 0 radical (unpaired) electrons. The SMILES string of the molecule is CC(C)OC(=O)N[C@@H](CC(=O)N1CCC[C@H]1c1nc(-c2cccc(F)c2)no1)Cc1cccc(Cl)c1. The van der Waals surface area contributed by atoms with Crippen molar-refractivity contribution in [1.82, 2.24) is 20.4 Å². The number of nitrogens with one attached hydrogen (secondary N) is 1. The highest BCUT2D eigenvalue weighted by atomic mass is 35.5. The fourth-order valence-electron chi connectivity index (χ4n) is 4.30. The second kappa shape index (κ2) is 11.5. The van der Waals surface area contributed by atoms with Crippen molar-refractivity contribution in [3.8, 4) is 11.4 Å². The largest absolute Gasteiger partial charge is 0.447 e. The van der Waals surface area contributed by atoms with Crippen LogP contribution in [0.15, 0.2) is 53.1 Å². The number of benzene rings is 2. The zero-order chi connectivity index (χ0) is 25.7. The smallest absolute Gasteiger partial charge is 0.407 e. The molecule has 1 aliphatic rings. The minimum absolute atomic E-state index is 0.0566. The molecule has 2 amide bonds. The summed E-state index contributed by atoms with van der Waals surface area (Å²) in [6.07, 6.45) is 1.03. The predicted molar refractivity (Wildman–Crippen MR) is 132 cm³/mol. The Labute approximate surface area is 213 Å². The highest BCUT2D eigenvalue weighted by molar-refractivity contribution is 6.30. The Hall–Kier alpha value is -3.46. The lowest BCUT2D eigenvalue weighted by molar-refractivity contribution is -0.133. The Morgan fingerprint density at radius 1 is 1.25 bits per heavy atom. The lowest BCUT2D eigenvalue weighted by atomic mass is 10.0. The van der Waals surface area contributed by atoms with E-state index in [4.69, 9.17) is 20.9 Å². The standard InChI is InChI=1S/C26H28ClFN4O4/c1-16(2)35-26(34)29-21(13-17-6-3-8-19(27)12-17)15-23(33)32-11-5-10-22(32)25-30-24(31-36-25)18-7-4-9-20(28)14-18/h3-4,6-9,12,14,16,21-22H,5,10-11,13,15H2,1-2H3,(H,29,34)/t21-,22+/m1/s1. The summed E-state index contributed by atoms with van der Waals surface area (Å²) in [5.41, 5.74) is 1.38. The van der Waals surface area contributed by atoms with Gasteiger partial charge in [0.15, 0.2) is 0 Å². The number of halogens is 2. The average Bonchev–Trinajstić information content (AvgIpc) is 3.48. The summed E-state index contributed by atoms with van der Waals surface area (Å²) >= 11 is 6.12. The molecule has 4 rings (SSSR count). The molecule has 1 N–H and O–H groups in total. The number of alkyl carbamates (subject to hydrolysis) is 1. The quantitative estimate of drug-likeness (QED) is 0.436. The molecule has 2 aromatic carbocycles. The summed E-state index contributed by atoms with van der Waals surface area (Å²) in [6.45, 7) is 4.05. The van der Waals surface area contributed by atoms with Gasteiger partial charge in [-0.2, -0.15) is 4.98 Å². The molecule has 0 bridgehead atoms. The molecule has 0 unspecified atom stereocenters. The summed E-state index contributed by atoms with van der Waals surface area (Å²) in [4.78, 5) is 31.8. The van der Waals surface area contributed by atoms with Gasteiger partial charge < -0.3 is 19.5 Å². The van der Waals surface area contributed by atoms with Gasteiger partial charge in [-0.05, 0) is 62.9 Å². The van der Waals surface area contributed by atoms with Crippen LogP contribution in [-0.2, 0) is 16.0 Å². The third-order valence-corrected chi connectivity index (χ3v) is 6.07. The number of aromatic nitrogens is 2. The van der Waals surface area contributed by atoms with E-state index in [1.807, 2.05) is 12.1 Å². The molecule has 0 saturated carbocycles. The Morgan fingerprint density at radius 2 is 2.06 bits per heavy atom. The van der Waals surface area contributed by atoms with Crippen molar-refractivity contribution < 1.29 is 23.2 Å². The summed E-state index contributed by atoms with van der Waals surface area (Å²) in [5, 5.41) is 7.37. The number of nitrogens with zero attached hydrogens (tertiary/aromatic N) is 3. The monoisotopic (exact) mass is 514 g/mol. The number of carbonyl (C=O) groups excluding carboxylic acids is 2. The third kappa shape index (κ3) is 6.60. The maximum Gasteiger partial charge on any atom is 0.407 e. The van der Waals surface area contributed by atoms with Crippen LogP contribution in [-0.4, -0.2) is 45.7 Å². The number of carbonyl (C=O) groups is 2. The molecular formula is C26H28ClFN4O4.